The zero-order chi connectivity index (χ0) is 18.4. The molecule has 1 N–H and O–H groups in total. The molecule has 0 heterocycles. The van der Waals surface area contributed by atoms with Crippen LogP contribution in [0.4, 0.5) is 0 Å². The summed E-state index contributed by atoms with van der Waals surface area (Å²) in [5, 5.41) is 23.9. The van der Waals surface area contributed by atoms with Crippen molar-refractivity contribution in [3.8, 4) is 0 Å². The van der Waals surface area contributed by atoms with Crippen molar-refractivity contribution in [2.45, 2.75) is 0 Å². The average molecular weight is 345 g/mol. The maximum Gasteiger partial charge on any atom is 0.378 e. The van der Waals surface area contributed by atoms with Gasteiger partial charge in [-0.05, 0) is 18.2 Å². The highest BCUT2D eigenvalue weighted by Crippen LogP contribution is 2.12. The van der Waals surface area contributed by atoms with Crippen LogP contribution in [0.1, 0.15) is 41.4 Å². The Morgan fingerprint density at radius 2 is 1.12 bits per heavy atom. The van der Waals surface area contributed by atoms with E-state index in [-0.39, 0.29) is 16.7 Å². The van der Waals surface area contributed by atoms with Gasteiger partial charge in [-0.2, -0.15) is 0 Å². The van der Waals surface area contributed by atoms with E-state index in [0.29, 0.717) is 0 Å². The van der Waals surface area contributed by atoms with Crippen molar-refractivity contribution >= 4 is 23.9 Å². The lowest BCUT2D eigenvalue weighted by Crippen LogP contribution is -2.25. The normalized spacial score (nSPS) is 9.92. The molecule has 0 aliphatic rings. The van der Waals surface area contributed by atoms with Gasteiger partial charge in [-0.1, -0.05) is 30.3 Å². The maximum atomic E-state index is 11.8. The molecule has 9 heteroatoms. The number of hydrogen-bond donors (Lipinski definition) is 1. The van der Waals surface area contributed by atoms with Gasteiger partial charge in [0.2, 0.25) is 0 Å². The van der Waals surface area contributed by atoms with Gasteiger partial charge in [0.05, 0.1) is 22.7 Å². The van der Waals surface area contributed by atoms with E-state index in [2.05, 4.69) is 14.8 Å². The van der Waals surface area contributed by atoms with E-state index in [4.69, 9.17) is 5.11 Å². The van der Waals surface area contributed by atoms with Crippen molar-refractivity contribution in [3.05, 3.63) is 70.8 Å². The van der Waals surface area contributed by atoms with E-state index in [9.17, 15) is 24.3 Å². The molecular formula is C16H9O9-. The molecule has 0 aliphatic heterocycles. The van der Waals surface area contributed by atoms with E-state index >= 15 is 0 Å². The molecule has 0 spiro atoms. The van der Waals surface area contributed by atoms with Crippen molar-refractivity contribution in [1.82, 2.24) is 0 Å². The highest BCUT2D eigenvalue weighted by Gasteiger charge is 2.20. The van der Waals surface area contributed by atoms with Crippen molar-refractivity contribution in [3.63, 3.8) is 0 Å². The third-order valence-electron chi connectivity index (χ3n) is 2.96. The molecule has 2 aromatic rings. The van der Waals surface area contributed by atoms with E-state index < -0.39 is 29.4 Å². The summed E-state index contributed by atoms with van der Waals surface area (Å²) in [6.07, 6.45) is 0. The van der Waals surface area contributed by atoms with Crippen molar-refractivity contribution < 1.29 is 44.2 Å². The molecule has 0 saturated heterocycles. The van der Waals surface area contributed by atoms with Crippen LogP contribution in [0.15, 0.2) is 48.5 Å². The minimum atomic E-state index is -1.61. The molecule has 0 atom stereocenters. The lowest BCUT2D eigenvalue weighted by molar-refractivity contribution is -0.446. The van der Waals surface area contributed by atoms with E-state index in [1.807, 2.05) is 0 Å². The highest BCUT2D eigenvalue weighted by atomic mass is 17.5. The summed E-state index contributed by atoms with van der Waals surface area (Å²) >= 11 is 0. The molecule has 25 heavy (non-hydrogen) atoms. The van der Waals surface area contributed by atoms with Gasteiger partial charge in [0.1, 0.15) is 0 Å². The second kappa shape index (κ2) is 7.70. The third-order valence-corrected chi connectivity index (χ3v) is 2.96. The summed E-state index contributed by atoms with van der Waals surface area (Å²) < 4.78 is 0. The second-order valence-electron chi connectivity index (χ2n) is 4.49. The third kappa shape index (κ3) is 4.18. The molecule has 0 unspecified atom stereocenters. The predicted molar refractivity (Wildman–Crippen MR) is 76.1 cm³/mol. The number of carbonyl (C=O) groups is 4. The van der Waals surface area contributed by atoms with Gasteiger partial charge >= 0.3 is 17.9 Å². The van der Waals surface area contributed by atoms with Crippen LogP contribution in [0.2, 0.25) is 0 Å². The lowest BCUT2D eigenvalue weighted by Gasteiger charge is -2.08. The Bertz CT molecular complexity index is 772. The topological polar surface area (TPSA) is 139 Å². The van der Waals surface area contributed by atoms with E-state index in [1.165, 1.54) is 36.4 Å². The number of carboxylic acids is 2. The van der Waals surface area contributed by atoms with Crippen LogP contribution in [-0.4, -0.2) is 29.0 Å². The fourth-order valence-electron chi connectivity index (χ4n) is 1.86. The standard InChI is InChI=1S/C16H10O9/c17-13(18)9-5-1-3-7-11(9)15(21)23-25-24-16(22)12-8-4-2-6-10(12)14(19)20/h1-8H,(H,17,18)(H,19,20)/p-1. The van der Waals surface area contributed by atoms with Gasteiger partial charge in [0, 0.05) is 10.6 Å². The van der Waals surface area contributed by atoms with Gasteiger partial charge < -0.3 is 15.0 Å². The van der Waals surface area contributed by atoms with Gasteiger partial charge in [-0.3, -0.25) is 9.78 Å². The Balaban J connectivity index is 2.02. The first-order valence-corrected chi connectivity index (χ1v) is 6.64. The molecule has 0 amide bonds. The van der Waals surface area contributed by atoms with Gasteiger partial charge in [-0.25, -0.2) is 14.4 Å². The molecule has 0 aliphatic carbocycles. The van der Waals surface area contributed by atoms with Gasteiger partial charge in [0.15, 0.2) is 0 Å². The zero-order valence-corrected chi connectivity index (χ0v) is 12.3. The number of aromatic carboxylic acids is 2. The molecule has 9 nitrogen and oxygen atoms in total. The number of carbonyl (C=O) groups excluding carboxylic acids is 3. The monoisotopic (exact) mass is 345 g/mol. The van der Waals surface area contributed by atoms with Crippen LogP contribution in [0.3, 0.4) is 0 Å². The fourth-order valence-corrected chi connectivity index (χ4v) is 1.86. The van der Waals surface area contributed by atoms with Crippen LogP contribution in [0, 0.1) is 0 Å². The fraction of sp³-hybridized carbons (Fsp3) is 0. The van der Waals surface area contributed by atoms with Gasteiger partial charge in [0.25, 0.3) is 0 Å². The van der Waals surface area contributed by atoms with E-state index in [0.717, 1.165) is 12.1 Å². The smallest absolute Gasteiger partial charge is 0.378 e. The number of benzene rings is 2. The number of hydrogen-bond acceptors (Lipinski definition) is 8. The summed E-state index contributed by atoms with van der Waals surface area (Å²) in [6, 6.07) is 10.1. The van der Waals surface area contributed by atoms with Crippen LogP contribution in [0.5, 0.6) is 0 Å². The first-order chi connectivity index (χ1) is 11.9. The molecule has 0 aromatic heterocycles. The Kier molecular flexibility index (Phi) is 5.43. The number of carboxylic acid groups (broad SMARTS) is 2. The first kappa shape index (κ1) is 17.6. The summed E-state index contributed by atoms with van der Waals surface area (Å²) in [5.41, 5.74) is -1.51. The van der Waals surface area contributed by atoms with Crippen molar-refractivity contribution in [2.24, 2.45) is 0 Å². The minimum Gasteiger partial charge on any atom is -0.545 e. The summed E-state index contributed by atoms with van der Waals surface area (Å²) in [7, 11) is 0. The SMILES string of the molecule is O=C([O-])c1ccccc1C(=O)OOOC(=O)c1ccccc1C(=O)O. The molecule has 0 bridgehead atoms. The molecular weight excluding hydrogens is 336 g/mol. The lowest BCUT2D eigenvalue weighted by atomic mass is 10.1. The molecule has 0 fully saturated rings. The average Bonchev–Trinajstić information content (AvgIpc) is 2.61. The van der Waals surface area contributed by atoms with Crippen LogP contribution >= 0.6 is 0 Å². The molecule has 2 aromatic carbocycles. The summed E-state index contributed by atoms with van der Waals surface area (Å²) in [6.45, 7) is 0. The minimum absolute atomic E-state index is 0.332. The van der Waals surface area contributed by atoms with Crippen molar-refractivity contribution in [1.29, 1.82) is 0 Å². The first-order valence-electron chi connectivity index (χ1n) is 6.64. The molecule has 0 saturated carbocycles. The van der Waals surface area contributed by atoms with Crippen molar-refractivity contribution in [2.75, 3.05) is 0 Å². The summed E-state index contributed by atoms with van der Waals surface area (Å²) in [4.78, 5) is 53.8. The Labute approximate surface area is 139 Å². The van der Waals surface area contributed by atoms with Crippen LogP contribution in [0.25, 0.3) is 0 Å². The van der Waals surface area contributed by atoms with Crippen LogP contribution < -0.4 is 5.11 Å². The highest BCUT2D eigenvalue weighted by molar-refractivity contribution is 6.02. The zero-order valence-electron chi connectivity index (χ0n) is 12.3. The van der Waals surface area contributed by atoms with Crippen LogP contribution in [-0.2, 0) is 14.8 Å². The predicted octanol–water partition coefficient (Wildman–Crippen LogP) is 0.609. The molecule has 128 valence electrons. The van der Waals surface area contributed by atoms with E-state index in [1.54, 1.807) is 0 Å². The largest absolute Gasteiger partial charge is 0.545 e. The molecule has 0 radical (unpaired) electrons. The Morgan fingerprint density at radius 1 is 0.720 bits per heavy atom. The Morgan fingerprint density at radius 3 is 1.56 bits per heavy atom. The summed E-state index contributed by atoms with van der Waals surface area (Å²) in [5.74, 6) is -5.45. The quantitative estimate of drug-likeness (QED) is 0.589. The molecule has 2 rings (SSSR count). The second-order valence-corrected chi connectivity index (χ2v) is 4.49. The Hall–Kier alpha value is -3.72. The number of rotatable bonds is 6. The maximum absolute atomic E-state index is 11.8. The van der Waals surface area contributed by atoms with Gasteiger partial charge in [-0.15, -0.1) is 0 Å².